The predicted octanol–water partition coefficient (Wildman–Crippen LogP) is 4.04. The van der Waals surface area contributed by atoms with Crippen LogP contribution in [0.5, 0.6) is 0 Å². The summed E-state index contributed by atoms with van der Waals surface area (Å²) < 4.78 is 0. The number of thiocarbonyl (C=S) groups is 1. The number of hydrogen-bond donors (Lipinski definition) is 2. The second kappa shape index (κ2) is 5.67. The van der Waals surface area contributed by atoms with Gasteiger partial charge >= 0.3 is 0 Å². The highest BCUT2D eigenvalue weighted by Gasteiger charge is 2.03. The van der Waals surface area contributed by atoms with Crippen molar-refractivity contribution in [2.75, 3.05) is 10.6 Å². The van der Waals surface area contributed by atoms with Gasteiger partial charge in [0.1, 0.15) is 0 Å². The molecule has 0 aliphatic carbocycles. The fourth-order valence-corrected chi connectivity index (χ4v) is 2.24. The van der Waals surface area contributed by atoms with Crippen LogP contribution in [-0.2, 0) is 0 Å². The molecule has 2 aromatic carbocycles. The lowest BCUT2D eigenvalue weighted by atomic mass is 10.2. The van der Waals surface area contributed by atoms with Crippen LogP contribution < -0.4 is 10.6 Å². The first-order valence-corrected chi connectivity index (χ1v) is 6.70. The van der Waals surface area contributed by atoms with Gasteiger partial charge in [-0.3, -0.25) is 4.98 Å². The molecule has 0 bridgehead atoms. The van der Waals surface area contributed by atoms with Crippen molar-refractivity contribution in [2.24, 2.45) is 0 Å². The molecule has 0 amide bonds. The minimum Gasteiger partial charge on any atom is -0.332 e. The van der Waals surface area contributed by atoms with Gasteiger partial charge in [-0.25, -0.2) is 0 Å². The van der Waals surface area contributed by atoms with E-state index in [1.165, 1.54) is 0 Å². The van der Waals surface area contributed by atoms with E-state index in [9.17, 15) is 0 Å². The van der Waals surface area contributed by atoms with Gasteiger partial charge in [0.05, 0.1) is 11.2 Å². The quantitative estimate of drug-likeness (QED) is 0.694. The normalized spacial score (nSPS) is 10.2. The number of aromatic nitrogens is 1. The first kappa shape index (κ1) is 12.6. The van der Waals surface area contributed by atoms with E-state index in [-0.39, 0.29) is 0 Å². The molecule has 1 heterocycles. The van der Waals surface area contributed by atoms with Crippen molar-refractivity contribution in [3.05, 3.63) is 66.9 Å². The molecule has 0 atom stereocenters. The van der Waals surface area contributed by atoms with Crippen molar-refractivity contribution in [2.45, 2.75) is 0 Å². The zero-order valence-electron chi connectivity index (χ0n) is 10.7. The van der Waals surface area contributed by atoms with E-state index in [2.05, 4.69) is 15.6 Å². The molecule has 0 unspecified atom stereocenters. The molecular formula is C16H13N3S. The molecule has 2 N–H and O–H groups in total. The number of pyridine rings is 1. The maximum absolute atomic E-state index is 5.33. The third-order valence-electron chi connectivity index (χ3n) is 2.91. The van der Waals surface area contributed by atoms with E-state index in [4.69, 9.17) is 12.2 Å². The molecule has 0 aliphatic heterocycles. The minimum atomic E-state index is 0.550. The van der Waals surface area contributed by atoms with E-state index < -0.39 is 0 Å². The van der Waals surface area contributed by atoms with Gasteiger partial charge < -0.3 is 10.6 Å². The lowest BCUT2D eigenvalue weighted by Gasteiger charge is -2.11. The zero-order valence-corrected chi connectivity index (χ0v) is 11.5. The molecule has 0 spiro atoms. The van der Waals surface area contributed by atoms with Crippen LogP contribution in [0.2, 0.25) is 0 Å². The second-order valence-corrected chi connectivity index (χ2v) is 4.73. The number of para-hydroxylation sites is 2. The van der Waals surface area contributed by atoms with Crippen LogP contribution in [0.4, 0.5) is 11.4 Å². The fraction of sp³-hybridized carbons (Fsp3) is 0. The summed E-state index contributed by atoms with van der Waals surface area (Å²) >= 11 is 5.33. The number of rotatable bonds is 2. The molecule has 3 aromatic rings. The summed E-state index contributed by atoms with van der Waals surface area (Å²) in [4.78, 5) is 4.39. The number of anilines is 2. The summed E-state index contributed by atoms with van der Waals surface area (Å²) in [5.41, 5.74) is 2.77. The number of nitrogens with zero attached hydrogens (tertiary/aromatic N) is 1. The molecule has 4 heteroatoms. The van der Waals surface area contributed by atoms with Gasteiger partial charge in [0.25, 0.3) is 0 Å². The highest BCUT2D eigenvalue weighted by atomic mass is 32.1. The third kappa shape index (κ3) is 2.75. The number of nitrogens with one attached hydrogen (secondary N) is 2. The van der Waals surface area contributed by atoms with Gasteiger partial charge in [0.15, 0.2) is 5.11 Å². The van der Waals surface area contributed by atoms with Gasteiger partial charge in [0, 0.05) is 17.3 Å². The van der Waals surface area contributed by atoms with E-state index in [1.54, 1.807) is 6.20 Å². The monoisotopic (exact) mass is 279 g/mol. The number of benzene rings is 2. The maximum atomic E-state index is 5.33. The Hall–Kier alpha value is -2.46. The fourth-order valence-electron chi connectivity index (χ4n) is 2.01. The van der Waals surface area contributed by atoms with E-state index in [0.29, 0.717) is 5.11 Å². The van der Waals surface area contributed by atoms with Gasteiger partial charge in [0.2, 0.25) is 0 Å². The highest BCUT2D eigenvalue weighted by Crippen LogP contribution is 2.20. The summed E-state index contributed by atoms with van der Waals surface area (Å²) in [5, 5.41) is 7.97. The summed E-state index contributed by atoms with van der Waals surface area (Å²) in [5.74, 6) is 0. The van der Waals surface area contributed by atoms with Gasteiger partial charge in [-0.1, -0.05) is 36.4 Å². The zero-order chi connectivity index (χ0) is 13.8. The Morgan fingerprint density at radius 1 is 0.850 bits per heavy atom. The van der Waals surface area contributed by atoms with Crippen LogP contribution in [0.1, 0.15) is 0 Å². The van der Waals surface area contributed by atoms with Crippen LogP contribution in [-0.4, -0.2) is 10.1 Å². The van der Waals surface area contributed by atoms with Crippen molar-refractivity contribution in [3.8, 4) is 0 Å². The Labute approximate surface area is 122 Å². The Kier molecular flexibility index (Phi) is 3.56. The number of fused-ring (bicyclic) bond motifs is 1. The van der Waals surface area contributed by atoms with E-state index >= 15 is 0 Å². The second-order valence-electron chi connectivity index (χ2n) is 4.33. The molecule has 3 nitrogen and oxygen atoms in total. The largest absolute Gasteiger partial charge is 0.332 e. The Balaban J connectivity index is 1.81. The molecule has 0 radical (unpaired) electrons. The predicted molar refractivity (Wildman–Crippen MR) is 88.0 cm³/mol. The summed E-state index contributed by atoms with van der Waals surface area (Å²) in [6.07, 6.45) is 1.78. The maximum Gasteiger partial charge on any atom is 0.175 e. The first-order chi connectivity index (χ1) is 9.83. The van der Waals surface area contributed by atoms with Gasteiger partial charge in [-0.15, -0.1) is 0 Å². The molecule has 3 rings (SSSR count). The molecule has 0 aliphatic rings. The topological polar surface area (TPSA) is 37.0 Å². The molecular weight excluding hydrogens is 266 g/mol. The molecule has 0 saturated carbocycles. The minimum absolute atomic E-state index is 0.550. The van der Waals surface area contributed by atoms with E-state index in [0.717, 1.165) is 22.3 Å². The average Bonchev–Trinajstić information content (AvgIpc) is 2.48. The van der Waals surface area contributed by atoms with Crippen LogP contribution >= 0.6 is 12.2 Å². The van der Waals surface area contributed by atoms with Crippen LogP contribution in [0.15, 0.2) is 66.9 Å². The molecule has 0 fully saturated rings. The SMILES string of the molecule is S=C(Nc1ccccc1)Nc1cccc2cccnc12. The summed E-state index contributed by atoms with van der Waals surface area (Å²) in [7, 11) is 0. The standard InChI is InChI=1S/C16H13N3S/c20-16(18-13-8-2-1-3-9-13)19-14-10-4-6-12-7-5-11-17-15(12)14/h1-11H,(H2,18,19,20). The Morgan fingerprint density at radius 3 is 2.50 bits per heavy atom. The van der Waals surface area contributed by atoms with Gasteiger partial charge in [-0.05, 0) is 36.5 Å². The Morgan fingerprint density at radius 2 is 1.65 bits per heavy atom. The lowest BCUT2D eigenvalue weighted by Crippen LogP contribution is -2.19. The third-order valence-corrected chi connectivity index (χ3v) is 3.12. The summed E-state index contributed by atoms with van der Waals surface area (Å²) in [6.45, 7) is 0. The van der Waals surface area contributed by atoms with Crippen molar-refractivity contribution >= 4 is 39.6 Å². The van der Waals surface area contributed by atoms with E-state index in [1.807, 2.05) is 60.7 Å². The van der Waals surface area contributed by atoms with Crippen LogP contribution in [0, 0.1) is 0 Å². The summed E-state index contributed by atoms with van der Waals surface area (Å²) in [6, 6.07) is 19.8. The highest BCUT2D eigenvalue weighted by molar-refractivity contribution is 7.80. The van der Waals surface area contributed by atoms with Crippen molar-refractivity contribution < 1.29 is 0 Å². The van der Waals surface area contributed by atoms with Crippen LogP contribution in [0.3, 0.4) is 0 Å². The number of hydrogen-bond acceptors (Lipinski definition) is 2. The van der Waals surface area contributed by atoms with Gasteiger partial charge in [-0.2, -0.15) is 0 Å². The molecule has 1 aromatic heterocycles. The Bertz CT molecular complexity index is 736. The molecule has 20 heavy (non-hydrogen) atoms. The smallest absolute Gasteiger partial charge is 0.175 e. The van der Waals surface area contributed by atoms with Crippen molar-refractivity contribution in [3.63, 3.8) is 0 Å². The first-order valence-electron chi connectivity index (χ1n) is 6.30. The van der Waals surface area contributed by atoms with Crippen molar-refractivity contribution in [1.29, 1.82) is 0 Å². The average molecular weight is 279 g/mol. The van der Waals surface area contributed by atoms with Crippen LogP contribution in [0.25, 0.3) is 10.9 Å². The van der Waals surface area contributed by atoms with Crippen molar-refractivity contribution in [1.82, 2.24) is 4.98 Å². The molecule has 0 saturated heterocycles. The molecule has 98 valence electrons. The lowest BCUT2D eigenvalue weighted by molar-refractivity contribution is 1.41.